The highest BCUT2D eigenvalue weighted by Crippen LogP contribution is 2.38. The number of carboxylic acid groups (broad SMARTS) is 1. The van der Waals surface area contributed by atoms with Crippen LogP contribution in [0.2, 0.25) is 0 Å². The molecule has 5 nitrogen and oxygen atoms in total. The summed E-state index contributed by atoms with van der Waals surface area (Å²) in [7, 11) is 1.77. The Hall–Kier alpha value is -0.650. The summed E-state index contributed by atoms with van der Waals surface area (Å²) in [5, 5.41) is 12.5. The molecule has 3 rings (SSSR count). The van der Waals surface area contributed by atoms with E-state index in [1.165, 1.54) is 19.3 Å². The van der Waals surface area contributed by atoms with Crippen LogP contribution in [0.5, 0.6) is 0 Å². The number of carbonyl (C=O) groups is 1. The number of ether oxygens (including phenoxy) is 1. The van der Waals surface area contributed by atoms with Crippen molar-refractivity contribution in [3.63, 3.8) is 0 Å². The van der Waals surface area contributed by atoms with E-state index < -0.39 is 11.5 Å². The standard InChI is InChI=1S/C14H24N2O3/c1-15-14(13(17)18)6-5-10(9-14)16-7-8-19-12-4-2-3-11(12)16/h10-12,15H,2-9H2,1H3,(H,17,18). The molecular formula is C14H24N2O3. The monoisotopic (exact) mass is 268 g/mol. The Labute approximate surface area is 114 Å². The zero-order valence-corrected chi connectivity index (χ0v) is 11.6. The van der Waals surface area contributed by atoms with E-state index in [-0.39, 0.29) is 0 Å². The maximum absolute atomic E-state index is 11.5. The van der Waals surface area contributed by atoms with E-state index in [1.54, 1.807) is 7.05 Å². The van der Waals surface area contributed by atoms with E-state index in [4.69, 9.17) is 4.74 Å². The highest BCUT2D eigenvalue weighted by Gasteiger charge is 2.49. The summed E-state index contributed by atoms with van der Waals surface area (Å²) in [6, 6.07) is 0.929. The van der Waals surface area contributed by atoms with Gasteiger partial charge in [-0.3, -0.25) is 9.69 Å². The number of nitrogens with zero attached hydrogens (tertiary/aromatic N) is 1. The van der Waals surface area contributed by atoms with Gasteiger partial charge < -0.3 is 15.2 Å². The van der Waals surface area contributed by atoms with Crippen molar-refractivity contribution < 1.29 is 14.6 Å². The Morgan fingerprint density at radius 3 is 2.95 bits per heavy atom. The van der Waals surface area contributed by atoms with Crippen LogP contribution >= 0.6 is 0 Å². The molecule has 2 aliphatic carbocycles. The summed E-state index contributed by atoms with van der Waals surface area (Å²) < 4.78 is 5.84. The number of aliphatic carboxylic acids is 1. The predicted molar refractivity (Wildman–Crippen MR) is 71.2 cm³/mol. The zero-order valence-electron chi connectivity index (χ0n) is 11.6. The summed E-state index contributed by atoms with van der Waals surface area (Å²) in [6.07, 6.45) is 6.46. The van der Waals surface area contributed by atoms with Crippen LogP contribution in [0.25, 0.3) is 0 Å². The molecule has 5 heteroatoms. The van der Waals surface area contributed by atoms with Crippen molar-refractivity contribution in [1.82, 2.24) is 10.2 Å². The van der Waals surface area contributed by atoms with Crippen LogP contribution in [0.4, 0.5) is 0 Å². The Morgan fingerprint density at radius 1 is 1.42 bits per heavy atom. The number of rotatable bonds is 3. The van der Waals surface area contributed by atoms with Gasteiger partial charge in [0, 0.05) is 18.6 Å². The first-order chi connectivity index (χ1) is 9.16. The minimum absolute atomic E-state index is 0.392. The lowest BCUT2D eigenvalue weighted by molar-refractivity contribution is -0.144. The SMILES string of the molecule is CNC1(C(=O)O)CCC(N2CCOC3CCCC32)C1. The van der Waals surface area contributed by atoms with Crippen LogP contribution in [0, 0.1) is 0 Å². The van der Waals surface area contributed by atoms with Crippen molar-refractivity contribution in [1.29, 1.82) is 0 Å². The van der Waals surface area contributed by atoms with Crippen molar-refractivity contribution in [3.8, 4) is 0 Å². The van der Waals surface area contributed by atoms with Crippen molar-refractivity contribution >= 4 is 5.97 Å². The Morgan fingerprint density at radius 2 is 2.26 bits per heavy atom. The maximum atomic E-state index is 11.5. The highest BCUT2D eigenvalue weighted by molar-refractivity contribution is 5.79. The fourth-order valence-corrected chi connectivity index (χ4v) is 4.24. The van der Waals surface area contributed by atoms with Gasteiger partial charge in [0.1, 0.15) is 5.54 Å². The van der Waals surface area contributed by atoms with E-state index in [9.17, 15) is 9.90 Å². The Kier molecular flexibility index (Phi) is 3.53. The third-order valence-corrected chi connectivity index (χ3v) is 5.37. The molecule has 3 aliphatic rings. The average Bonchev–Trinajstić information content (AvgIpc) is 3.05. The molecule has 0 aromatic rings. The average molecular weight is 268 g/mol. The molecule has 1 saturated heterocycles. The van der Waals surface area contributed by atoms with E-state index in [0.29, 0.717) is 18.2 Å². The van der Waals surface area contributed by atoms with Gasteiger partial charge in [0.05, 0.1) is 12.7 Å². The van der Waals surface area contributed by atoms with Gasteiger partial charge in [0.2, 0.25) is 0 Å². The van der Waals surface area contributed by atoms with Gasteiger partial charge in [-0.2, -0.15) is 0 Å². The molecule has 4 unspecified atom stereocenters. The zero-order chi connectivity index (χ0) is 13.5. The lowest BCUT2D eigenvalue weighted by Gasteiger charge is -2.41. The second-order valence-corrected chi connectivity index (χ2v) is 6.18. The maximum Gasteiger partial charge on any atom is 0.323 e. The third kappa shape index (κ3) is 2.18. The van der Waals surface area contributed by atoms with Gasteiger partial charge in [0.25, 0.3) is 0 Å². The van der Waals surface area contributed by atoms with Gasteiger partial charge in [-0.1, -0.05) is 0 Å². The summed E-state index contributed by atoms with van der Waals surface area (Å²) in [6.45, 7) is 1.77. The molecule has 0 amide bonds. The molecule has 1 heterocycles. The summed E-state index contributed by atoms with van der Waals surface area (Å²) in [5.41, 5.74) is -0.711. The smallest absolute Gasteiger partial charge is 0.323 e. The van der Waals surface area contributed by atoms with Crippen molar-refractivity contribution in [2.45, 2.75) is 62.3 Å². The molecule has 2 saturated carbocycles. The van der Waals surface area contributed by atoms with Crippen molar-refractivity contribution in [2.24, 2.45) is 0 Å². The number of hydrogen-bond donors (Lipinski definition) is 2. The van der Waals surface area contributed by atoms with Gasteiger partial charge >= 0.3 is 5.97 Å². The largest absolute Gasteiger partial charge is 0.480 e. The molecule has 0 spiro atoms. The van der Waals surface area contributed by atoms with Crippen LogP contribution in [-0.4, -0.2) is 59.9 Å². The summed E-state index contributed by atoms with van der Waals surface area (Å²) >= 11 is 0. The fraction of sp³-hybridized carbons (Fsp3) is 0.929. The number of fused-ring (bicyclic) bond motifs is 1. The molecule has 0 aromatic heterocycles. The normalized spacial score (nSPS) is 43.3. The molecular weight excluding hydrogens is 244 g/mol. The lowest BCUT2D eigenvalue weighted by atomic mass is 9.97. The van der Waals surface area contributed by atoms with Gasteiger partial charge in [-0.25, -0.2) is 0 Å². The molecule has 1 aliphatic heterocycles. The lowest BCUT2D eigenvalue weighted by Crippen LogP contribution is -2.54. The molecule has 0 radical (unpaired) electrons. The van der Waals surface area contributed by atoms with Crippen LogP contribution in [0.3, 0.4) is 0 Å². The molecule has 0 bridgehead atoms. The highest BCUT2D eigenvalue weighted by atomic mass is 16.5. The number of nitrogens with one attached hydrogen (secondary N) is 1. The fourth-order valence-electron chi connectivity index (χ4n) is 4.24. The van der Waals surface area contributed by atoms with Gasteiger partial charge in [-0.15, -0.1) is 0 Å². The van der Waals surface area contributed by atoms with E-state index in [0.717, 1.165) is 32.4 Å². The van der Waals surface area contributed by atoms with Gasteiger partial charge in [-0.05, 0) is 45.6 Å². The number of morpholine rings is 1. The second kappa shape index (κ2) is 5.04. The summed E-state index contributed by atoms with van der Waals surface area (Å²) in [4.78, 5) is 14.0. The van der Waals surface area contributed by atoms with E-state index in [1.807, 2.05) is 0 Å². The van der Waals surface area contributed by atoms with Crippen LogP contribution in [-0.2, 0) is 9.53 Å². The molecule has 108 valence electrons. The minimum Gasteiger partial charge on any atom is -0.480 e. The third-order valence-electron chi connectivity index (χ3n) is 5.37. The molecule has 0 aromatic carbocycles. The molecule has 4 atom stereocenters. The molecule has 19 heavy (non-hydrogen) atoms. The quantitative estimate of drug-likeness (QED) is 0.794. The van der Waals surface area contributed by atoms with E-state index >= 15 is 0 Å². The Bertz CT molecular complexity index is 363. The van der Waals surface area contributed by atoms with E-state index in [2.05, 4.69) is 10.2 Å². The first kappa shape index (κ1) is 13.3. The van der Waals surface area contributed by atoms with Gasteiger partial charge in [0.15, 0.2) is 0 Å². The number of hydrogen-bond acceptors (Lipinski definition) is 4. The van der Waals surface area contributed by atoms with Crippen LogP contribution in [0.1, 0.15) is 38.5 Å². The number of likely N-dealkylation sites (N-methyl/N-ethyl adjacent to an activating group) is 1. The Balaban J connectivity index is 1.71. The predicted octanol–water partition coefficient (Wildman–Crippen LogP) is 0.835. The first-order valence-electron chi connectivity index (χ1n) is 7.46. The molecule has 3 fully saturated rings. The van der Waals surface area contributed by atoms with Crippen LogP contribution < -0.4 is 5.32 Å². The number of carboxylic acids is 1. The topological polar surface area (TPSA) is 61.8 Å². The van der Waals surface area contributed by atoms with Crippen LogP contribution in [0.15, 0.2) is 0 Å². The first-order valence-corrected chi connectivity index (χ1v) is 7.46. The minimum atomic E-state index is -0.711. The van der Waals surface area contributed by atoms with Crippen molar-refractivity contribution in [3.05, 3.63) is 0 Å². The van der Waals surface area contributed by atoms with Crippen molar-refractivity contribution in [2.75, 3.05) is 20.2 Å². The second-order valence-electron chi connectivity index (χ2n) is 6.18. The molecule has 2 N–H and O–H groups in total. The summed E-state index contributed by atoms with van der Waals surface area (Å²) in [5.74, 6) is -0.700.